The number of phenolic OH excluding ortho intramolecular Hbond substituents is 1. The molecule has 7 heteroatoms. The quantitative estimate of drug-likeness (QED) is 0.690. The van der Waals surface area contributed by atoms with Crippen molar-refractivity contribution in [2.75, 3.05) is 18.7 Å². The average molecular weight is 365 g/mol. The van der Waals surface area contributed by atoms with Gasteiger partial charge < -0.3 is 24.6 Å². The molecule has 136 valence electrons. The van der Waals surface area contributed by atoms with Crippen molar-refractivity contribution in [3.63, 3.8) is 0 Å². The largest absolute Gasteiger partial charge is 0.507 e. The van der Waals surface area contributed by atoms with E-state index in [0.717, 1.165) is 10.8 Å². The van der Waals surface area contributed by atoms with Crippen molar-refractivity contribution >= 4 is 28.3 Å². The number of anilines is 1. The van der Waals surface area contributed by atoms with E-state index in [1.165, 1.54) is 12.1 Å². The number of phenols is 1. The van der Waals surface area contributed by atoms with E-state index in [9.17, 15) is 14.7 Å². The Kier molecular flexibility index (Phi) is 4.25. The van der Waals surface area contributed by atoms with Gasteiger partial charge in [-0.05, 0) is 35.0 Å². The van der Waals surface area contributed by atoms with Gasteiger partial charge in [-0.3, -0.25) is 4.79 Å². The van der Waals surface area contributed by atoms with Gasteiger partial charge in [0.15, 0.2) is 18.1 Å². The number of aromatic hydroxyl groups is 1. The maximum absolute atomic E-state index is 12.2. The predicted molar refractivity (Wildman–Crippen MR) is 97.1 cm³/mol. The summed E-state index contributed by atoms with van der Waals surface area (Å²) in [6, 6.07) is 15.3. The second-order valence-electron chi connectivity index (χ2n) is 5.91. The van der Waals surface area contributed by atoms with Gasteiger partial charge in [0, 0.05) is 11.8 Å². The molecule has 1 aliphatic rings. The van der Waals surface area contributed by atoms with Crippen LogP contribution in [-0.4, -0.2) is 30.4 Å². The van der Waals surface area contributed by atoms with E-state index in [2.05, 4.69) is 5.32 Å². The lowest BCUT2D eigenvalue weighted by Crippen LogP contribution is -2.21. The Morgan fingerprint density at radius 2 is 1.74 bits per heavy atom. The Balaban J connectivity index is 1.40. The zero-order valence-electron chi connectivity index (χ0n) is 14.1. The van der Waals surface area contributed by atoms with Gasteiger partial charge >= 0.3 is 5.97 Å². The number of benzene rings is 3. The van der Waals surface area contributed by atoms with Gasteiger partial charge in [0.25, 0.3) is 5.91 Å². The first-order valence-corrected chi connectivity index (χ1v) is 8.18. The molecule has 0 bridgehead atoms. The molecule has 0 unspecified atom stereocenters. The number of hydrogen-bond donors (Lipinski definition) is 2. The van der Waals surface area contributed by atoms with E-state index < -0.39 is 18.5 Å². The zero-order valence-corrected chi connectivity index (χ0v) is 14.1. The maximum atomic E-state index is 12.2. The van der Waals surface area contributed by atoms with Crippen LogP contribution in [0.5, 0.6) is 17.2 Å². The summed E-state index contributed by atoms with van der Waals surface area (Å²) in [5.74, 6) is -0.353. The molecule has 0 aliphatic carbocycles. The summed E-state index contributed by atoms with van der Waals surface area (Å²) in [4.78, 5) is 24.2. The first-order chi connectivity index (χ1) is 13.1. The lowest BCUT2D eigenvalue weighted by molar-refractivity contribution is -0.119. The molecule has 0 saturated heterocycles. The summed E-state index contributed by atoms with van der Waals surface area (Å²) in [6.45, 7) is -0.348. The highest BCUT2D eigenvalue weighted by Gasteiger charge is 2.17. The summed E-state index contributed by atoms with van der Waals surface area (Å²) >= 11 is 0. The number of fused-ring (bicyclic) bond motifs is 2. The fraction of sp³-hybridized carbons (Fsp3) is 0.100. The molecule has 0 radical (unpaired) electrons. The van der Waals surface area contributed by atoms with E-state index in [1.807, 2.05) is 24.3 Å². The number of rotatable bonds is 4. The van der Waals surface area contributed by atoms with Gasteiger partial charge in [-0.15, -0.1) is 0 Å². The van der Waals surface area contributed by atoms with Crippen molar-refractivity contribution in [2.45, 2.75) is 0 Å². The van der Waals surface area contributed by atoms with Crippen LogP contribution in [0.1, 0.15) is 10.4 Å². The Morgan fingerprint density at radius 1 is 1.00 bits per heavy atom. The van der Waals surface area contributed by atoms with Gasteiger partial charge in [-0.25, -0.2) is 4.79 Å². The molecule has 2 N–H and O–H groups in total. The SMILES string of the molecule is O=C(COC(=O)c1cc2ccccc2cc1O)Nc1ccc2c(c1)OCO2. The smallest absolute Gasteiger partial charge is 0.342 e. The van der Waals surface area contributed by atoms with Crippen LogP contribution >= 0.6 is 0 Å². The summed E-state index contributed by atoms with van der Waals surface area (Å²) in [5.41, 5.74) is 0.499. The van der Waals surface area contributed by atoms with E-state index in [1.54, 1.807) is 18.2 Å². The molecule has 0 aromatic heterocycles. The maximum Gasteiger partial charge on any atom is 0.342 e. The molecule has 0 saturated carbocycles. The van der Waals surface area contributed by atoms with Crippen LogP contribution in [0, 0.1) is 0 Å². The fourth-order valence-electron chi connectivity index (χ4n) is 2.77. The number of ether oxygens (including phenoxy) is 3. The Hall–Kier alpha value is -3.74. The molecular weight excluding hydrogens is 350 g/mol. The Bertz CT molecular complexity index is 1050. The molecule has 3 aromatic carbocycles. The molecule has 3 aromatic rings. The molecule has 27 heavy (non-hydrogen) atoms. The number of nitrogens with one attached hydrogen (secondary N) is 1. The highest BCUT2D eigenvalue weighted by atomic mass is 16.7. The average Bonchev–Trinajstić information content (AvgIpc) is 3.13. The van der Waals surface area contributed by atoms with Crippen LogP contribution in [0.25, 0.3) is 10.8 Å². The number of carbonyl (C=O) groups is 2. The van der Waals surface area contributed by atoms with E-state index in [-0.39, 0.29) is 18.1 Å². The molecule has 0 spiro atoms. The van der Waals surface area contributed by atoms with Crippen LogP contribution in [-0.2, 0) is 9.53 Å². The van der Waals surface area contributed by atoms with Crippen molar-refractivity contribution in [3.05, 3.63) is 60.2 Å². The topological polar surface area (TPSA) is 94.1 Å². The molecule has 1 aliphatic heterocycles. The van der Waals surface area contributed by atoms with Crippen LogP contribution in [0.4, 0.5) is 5.69 Å². The lowest BCUT2D eigenvalue weighted by Gasteiger charge is -2.09. The van der Waals surface area contributed by atoms with Gasteiger partial charge in [0.1, 0.15) is 11.3 Å². The highest BCUT2D eigenvalue weighted by molar-refractivity contribution is 6.00. The third-order valence-electron chi connectivity index (χ3n) is 4.07. The van der Waals surface area contributed by atoms with Crippen LogP contribution < -0.4 is 14.8 Å². The van der Waals surface area contributed by atoms with Crippen LogP contribution in [0.3, 0.4) is 0 Å². The molecule has 1 heterocycles. The first-order valence-electron chi connectivity index (χ1n) is 8.18. The first kappa shape index (κ1) is 16.7. The number of amides is 1. The number of hydrogen-bond acceptors (Lipinski definition) is 6. The minimum atomic E-state index is -0.779. The molecule has 0 fully saturated rings. The second kappa shape index (κ2) is 6.87. The van der Waals surface area contributed by atoms with E-state index in [0.29, 0.717) is 17.2 Å². The van der Waals surface area contributed by atoms with Crippen molar-refractivity contribution in [1.29, 1.82) is 0 Å². The third kappa shape index (κ3) is 3.48. The van der Waals surface area contributed by atoms with Gasteiger partial charge in [0.05, 0.1) is 0 Å². The van der Waals surface area contributed by atoms with E-state index in [4.69, 9.17) is 14.2 Å². The van der Waals surface area contributed by atoms with Crippen molar-refractivity contribution < 1.29 is 28.9 Å². The van der Waals surface area contributed by atoms with Gasteiger partial charge in [0.2, 0.25) is 6.79 Å². The minimum Gasteiger partial charge on any atom is -0.507 e. The molecule has 4 rings (SSSR count). The number of esters is 1. The predicted octanol–water partition coefficient (Wildman–Crippen LogP) is 3.07. The van der Waals surface area contributed by atoms with E-state index >= 15 is 0 Å². The lowest BCUT2D eigenvalue weighted by atomic mass is 10.1. The van der Waals surface area contributed by atoms with Crippen LogP contribution in [0.15, 0.2) is 54.6 Å². The summed E-state index contributed by atoms with van der Waals surface area (Å²) < 4.78 is 15.5. The standard InChI is InChI=1S/C20H15NO6/c22-16-8-13-4-2-1-3-12(13)7-15(16)20(24)25-10-19(23)21-14-5-6-17-18(9-14)27-11-26-17/h1-9,22H,10-11H2,(H,21,23). The Morgan fingerprint density at radius 3 is 2.56 bits per heavy atom. The Labute approximate surface area is 154 Å². The van der Waals surface area contributed by atoms with Gasteiger partial charge in [-0.1, -0.05) is 24.3 Å². The summed E-state index contributed by atoms with van der Waals surface area (Å²) in [7, 11) is 0. The van der Waals surface area contributed by atoms with Crippen molar-refractivity contribution in [3.8, 4) is 17.2 Å². The highest BCUT2D eigenvalue weighted by Crippen LogP contribution is 2.34. The molecule has 7 nitrogen and oxygen atoms in total. The summed E-state index contributed by atoms with van der Waals surface area (Å²) in [6.07, 6.45) is 0. The van der Waals surface area contributed by atoms with Crippen molar-refractivity contribution in [2.24, 2.45) is 0 Å². The van der Waals surface area contributed by atoms with Gasteiger partial charge in [-0.2, -0.15) is 0 Å². The normalized spacial score (nSPS) is 12.0. The second-order valence-corrected chi connectivity index (χ2v) is 5.91. The van der Waals surface area contributed by atoms with Crippen LogP contribution in [0.2, 0.25) is 0 Å². The zero-order chi connectivity index (χ0) is 18.8. The number of carbonyl (C=O) groups excluding carboxylic acids is 2. The summed E-state index contributed by atoms with van der Waals surface area (Å²) in [5, 5.41) is 14.2. The molecule has 1 amide bonds. The fourth-order valence-corrected chi connectivity index (χ4v) is 2.77. The monoisotopic (exact) mass is 365 g/mol. The molecule has 0 atom stereocenters. The third-order valence-corrected chi connectivity index (χ3v) is 4.07. The minimum absolute atomic E-state index is 0.00424. The van der Waals surface area contributed by atoms with Crippen molar-refractivity contribution in [1.82, 2.24) is 0 Å². The molecular formula is C20H15NO6.